The highest BCUT2D eigenvalue weighted by molar-refractivity contribution is 6.21. The van der Waals surface area contributed by atoms with Gasteiger partial charge in [0, 0.05) is 30.8 Å². The van der Waals surface area contributed by atoms with Gasteiger partial charge in [0.05, 0.1) is 12.7 Å². The first kappa shape index (κ1) is 16.0. The smallest absolute Gasteiger partial charge is 0.253 e. The molecule has 26 heavy (non-hydrogen) atoms. The average molecular weight is 345 g/mol. The second-order valence-corrected chi connectivity index (χ2v) is 6.09. The number of H-pyrrole nitrogens is 1. The van der Waals surface area contributed by atoms with Crippen molar-refractivity contribution < 1.29 is 9.53 Å². The number of anilines is 1. The van der Waals surface area contributed by atoms with Crippen molar-refractivity contribution in [2.24, 2.45) is 0 Å². The molecule has 1 aliphatic heterocycles. The van der Waals surface area contributed by atoms with E-state index in [2.05, 4.69) is 21.7 Å². The zero-order valence-corrected chi connectivity index (χ0v) is 14.4. The first-order chi connectivity index (χ1) is 12.7. The molecule has 2 heterocycles. The first-order valence-corrected chi connectivity index (χ1v) is 8.40. The van der Waals surface area contributed by atoms with Crippen LogP contribution < -0.4 is 15.4 Å². The van der Waals surface area contributed by atoms with Crippen LogP contribution in [-0.4, -0.2) is 18.0 Å². The predicted octanol–water partition coefficient (Wildman–Crippen LogP) is 3.77. The van der Waals surface area contributed by atoms with Gasteiger partial charge in [-0.05, 0) is 58.7 Å². The van der Waals surface area contributed by atoms with Crippen molar-refractivity contribution in [3.8, 4) is 16.9 Å². The molecule has 1 aromatic heterocycles. The van der Waals surface area contributed by atoms with Crippen molar-refractivity contribution >= 4 is 17.2 Å². The molecule has 0 radical (unpaired) electrons. The fourth-order valence-electron chi connectivity index (χ4n) is 3.06. The summed E-state index contributed by atoms with van der Waals surface area (Å²) < 4.78 is 5.16. The summed E-state index contributed by atoms with van der Waals surface area (Å²) in [5, 5.41) is 6.14. The number of ether oxygens (including phenoxy) is 1. The highest BCUT2D eigenvalue weighted by Crippen LogP contribution is 2.29. The maximum atomic E-state index is 12.3. The van der Waals surface area contributed by atoms with Crippen LogP contribution in [0.2, 0.25) is 0 Å². The molecule has 4 rings (SSSR count). The molecule has 0 spiro atoms. The van der Waals surface area contributed by atoms with Crippen molar-refractivity contribution in [2.45, 2.75) is 6.54 Å². The number of hydrogen-bond acceptors (Lipinski definition) is 3. The molecular formula is C21H19N3O2. The summed E-state index contributed by atoms with van der Waals surface area (Å²) in [5.41, 5.74) is 5.83. The zero-order chi connectivity index (χ0) is 17.9. The summed E-state index contributed by atoms with van der Waals surface area (Å²) in [5.74, 6) is 0.717. The maximum Gasteiger partial charge on any atom is 0.253 e. The largest absolute Gasteiger partial charge is 0.497 e. The number of carbonyl (C=O) groups excluding carboxylic acids is 1. The lowest BCUT2D eigenvalue weighted by molar-refractivity contribution is -0.116. The van der Waals surface area contributed by atoms with Gasteiger partial charge in [0.1, 0.15) is 5.75 Å². The van der Waals surface area contributed by atoms with E-state index < -0.39 is 0 Å². The van der Waals surface area contributed by atoms with Crippen LogP contribution in [0.25, 0.3) is 16.7 Å². The normalized spacial score (nSPS) is 14.7. The number of rotatable bonds is 4. The van der Waals surface area contributed by atoms with Crippen LogP contribution in [0.5, 0.6) is 5.75 Å². The SMILES string of the molecule is COc1ccc(N/C=C2\C(=O)NCc3cc(-c4cc[nH]c4)ccc32)cc1. The summed E-state index contributed by atoms with van der Waals surface area (Å²) in [6, 6.07) is 15.8. The Morgan fingerprint density at radius 3 is 2.65 bits per heavy atom. The third-order valence-corrected chi connectivity index (χ3v) is 4.48. The molecule has 1 aliphatic rings. The fourth-order valence-corrected chi connectivity index (χ4v) is 3.06. The Kier molecular flexibility index (Phi) is 4.19. The number of fused-ring (bicyclic) bond motifs is 1. The summed E-state index contributed by atoms with van der Waals surface area (Å²) in [6.07, 6.45) is 5.62. The molecule has 3 N–H and O–H groups in total. The quantitative estimate of drug-likeness (QED) is 0.631. The van der Waals surface area contributed by atoms with E-state index in [1.165, 1.54) is 0 Å². The van der Waals surface area contributed by atoms with E-state index in [1.54, 1.807) is 13.3 Å². The van der Waals surface area contributed by atoms with Crippen LogP contribution in [-0.2, 0) is 11.3 Å². The minimum atomic E-state index is -0.0760. The molecule has 0 atom stereocenters. The molecule has 0 saturated carbocycles. The van der Waals surface area contributed by atoms with Crippen molar-refractivity contribution in [2.75, 3.05) is 12.4 Å². The van der Waals surface area contributed by atoms with Crippen molar-refractivity contribution in [1.29, 1.82) is 0 Å². The van der Waals surface area contributed by atoms with E-state index in [9.17, 15) is 4.79 Å². The van der Waals surface area contributed by atoms with Crippen LogP contribution in [0.3, 0.4) is 0 Å². The van der Waals surface area contributed by atoms with Crippen LogP contribution in [0.1, 0.15) is 11.1 Å². The molecule has 0 fully saturated rings. The Morgan fingerprint density at radius 2 is 1.92 bits per heavy atom. The lowest BCUT2D eigenvalue weighted by Crippen LogP contribution is -2.29. The molecule has 0 saturated heterocycles. The van der Waals surface area contributed by atoms with Crippen LogP contribution in [0.15, 0.2) is 67.1 Å². The predicted molar refractivity (Wildman–Crippen MR) is 103 cm³/mol. The van der Waals surface area contributed by atoms with Crippen LogP contribution in [0, 0.1) is 0 Å². The number of nitrogens with one attached hydrogen (secondary N) is 3. The number of aromatic amines is 1. The Balaban J connectivity index is 1.63. The molecular weight excluding hydrogens is 326 g/mol. The summed E-state index contributed by atoms with van der Waals surface area (Å²) in [4.78, 5) is 15.4. The topological polar surface area (TPSA) is 66.2 Å². The fraction of sp³-hybridized carbons (Fsp3) is 0.0952. The van der Waals surface area contributed by atoms with E-state index in [4.69, 9.17) is 4.74 Å². The van der Waals surface area contributed by atoms with Crippen molar-refractivity contribution in [1.82, 2.24) is 10.3 Å². The number of benzene rings is 2. The third-order valence-electron chi connectivity index (χ3n) is 4.48. The number of amides is 1. The zero-order valence-electron chi connectivity index (χ0n) is 14.4. The lowest BCUT2D eigenvalue weighted by Gasteiger charge is -2.20. The first-order valence-electron chi connectivity index (χ1n) is 8.40. The van der Waals surface area contributed by atoms with E-state index in [-0.39, 0.29) is 5.91 Å². The van der Waals surface area contributed by atoms with E-state index in [1.807, 2.05) is 54.9 Å². The summed E-state index contributed by atoms with van der Waals surface area (Å²) in [7, 11) is 1.63. The Hall–Kier alpha value is -3.47. The van der Waals surface area contributed by atoms with Gasteiger partial charge in [0.2, 0.25) is 0 Å². The molecule has 1 amide bonds. The molecule has 0 bridgehead atoms. The molecule has 5 heteroatoms. The highest BCUT2D eigenvalue weighted by Gasteiger charge is 2.21. The van der Waals surface area contributed by atoms with Gasteiger partial charge in [-0.15, -0.1) is 0 Å². The molecule has 2 aromatic carbocycles. The maximum absolute atomic E-state index is 12.3. The van der Waals surface area contributed by atoms with Crippen LogP contribution >= 0.6 is 0 Å². The molecule has 5 nitrogen and oxygen atoms in total. The second-order valence-electron chi connectivity index (χ2n) is 6.09. The van der Waals surface area contributed by atoms with Gasteiger partial charge >= 0.3 is 0 Å². The molecule has 3 aromatic rings. The standard InChI is InChI=1S/C21H19N3O2/c1-26-18-5-3-17(4-6-18)23-13-20-19-7-2-14(15-8-9-22-11-15)10-16(19)12-24-21(20)25/h2-11,13,22-23H,12H2,1H3,(H,24,25)/b20-13-. The van der Waals surface area contributed by atoms with E-state index in [0.29, 0.717) is 12.1 Å². The van der Waals surface area contributed by atoms with Gasteiger partial charge in [0.25, 0.3) is 5.91 Å². The van der Waals surface area contributed by atoms with Crippen molar-refractivity contribution in [3.05, 3.63) is 78.3 Å². The monoisotopic (exact) mass is 345 g/mol. The van der Waals surface area contributed by atoms with Gasteiger partial charge in [-0.3, -0.25) is 4.79 Å². The molecule has 0 unspecified atom stereocenters. The number of methoxy groups -OCH3 is 1. The minimum Gasteiger partial charge on any atom is -0.497 e. The number of hydrogen-bond donors (Lipinski definition) is 3. The van der Waals surface area contributed by atoms with Gasteiger partial charge in [-0.1, -0.05) is 12.1 Å². The van der Waals surface area contributed by atoms with Crippen molar-refractivity contribution in [3.63, 3.8) is 0 Å². The number of carbonyl (C=O) groups is 1. The minimum absolute atomic E-state index is 0.0760. The Labute approximate surface area is 151 Å². The lowest BCUT2D eigenvalue weighted by atomic mass is 9.93. The Bertz CT molecular complexity index is 957. The second kappa shape index (κ2) is 6.80. The summed E-state index contributed by atoms with van der Waals surface area (Å²) in [6.45, 7) is 0.534. The van der Waals surface area contributed by atoms with Gasteiger partial charge in [0.15, 0.2) is 0 Å². The van der Waals surface area contributed by atoms with Crippen LogP contribution in [0.4, 0.5) is 5.69 Å². The van der Waals surface area contributed by atoms with E-state index in [0.717, 1.165) is 33.7 Å². The molecule has 130 valence electrons. The van der Waals surface area contributed by atoms with E-state index >= 15 is 0 Å². The molecule has 0 aliphatic carbocycles. The third kappa shape index (κ3) is 3.07. The average Bonchev–Trinajstić information content (AvgIpc) is 3.22. The Morgan fingerprint density at radius 1 is 1.08 bits per heavy atom. The number of aromatic nitrogens is 1. The van der Waals surface area contributed by atoms with Gasteiger partial charge in [-0.25, -0.2) is 0 Å². The van der Waals surface area contributed by atoms with Gasteiger partial charge in [-0.2, -0.15) is 0 Å². The highest BCUT2D eigenvalue weighted by atomic mass is 16.5. The van der Waals surface area contributed by atoms with Gasteiger partial charge < -0.3 is 20.4 Å². The summed E-state index contributed by atoms with van der Waals surface area (Å²) >= 11 is 0.